The monoisotopic (exact) mass is 386 g/mol. The Morgan fingerprint density at radius 3 is 2.34 bits per heavy atom. The summed E-state index contributed by atoms with van der Waals surface area (Å²) in [6.07, 6.45) is 0. The fraction of sp³-hybridized carbons (Fsp3) is 0.167. The normalized spacial score (nSPS) is 12.1. The molecule has 0 amide bonds. The van der Waals surface area contributed by atoms with Crippen LogP contribution in [0, 0.1) is 17.0 Å². The van der Waals surface area contributed by atoms with Crippen molar-refractivity contribution in [3.05, 3.63) is 99.6 Å². The van der Waals surface area contributed by atoms with Crippen molar-refractivity contribution in [3.63, 3.8) is 0 Å². The number of aryl methyl sites for hydroxylation is 1. The maximum atomic E-state index is 11.6. The van der Waals surface area contributed by atoms with Crippen LogP contribution in [0.4, 0.5) is 0 Å². The molecule has 5 nitrogen and oxygen atoms in total. The first kappa shape index (κ1) is 18.7. The van der Waals surface area contributed by atoms with Crippen LogP contribution in [0.1, 0.15) is 22.6 Å². The van der Waals surface area contributed by atoms with E-state index in [0.717, 1.165) is 39.0 Å². The van der Waals surface area contributed by atoms with E-state index in [0.29, 0.717) is 0 Å². The van der Waals surface area contributed by atoms with Crippen molar-refractivity contribution in [2.45, 2.75) is 12.8 Å². The van der Waals surface area contributed by atoms with E-state index in [9.17, 15) is 10.1 Å². The number of para-hydroxylation sites is 1. The minimum absolute atomic E-state index is 0.187. The molecule has 0 bridgehead atoms. The van der Waals surface area contributed by atoms with Crippen molar-refractivity contribution in [2.24, 2.45) is 0 Å². The Balaban J connectivity index is 1.95. The maximum Gasteiger partial charge on any atom is 0.214 e. The van der Waals surface area contributed by atoms with Gasteiger partial charge in [-0.2, -0.15) is 0 Å². The smallest absolute Gasteiger partial charge is 0.214 e. The van der Waals surface area contributed by atoms with Gasteiger partial charge in [0, 0.05) is 15.8 Å². The average molecular weight is 386 g/mol. The molecule has 1 atom stereocenters. The van der Waals surface area contributed by atoms with Gasteiger partial charge in [0.05, 0.1) is 18.7 Å². The molecule has 0 fully saturated rings. The first-order chi connectivity index (χ1) is 14.1. The number of nitro groups is 1. The summed E-state index contributed by atoms with van der Waals surface area (Å²) in [4.78, 5) is 14.9. The van der Waals surface area contributed by atoms with Crippen molar-refractivity contribution in [2.75, 3.05) is 13.7 Å². The first-order valence-electron chi connectivity index (χ1n) is 9.50. The molecule has 0 saturated heterocycles. The highest BCUT2D eigenvalue weighted by Crippen LogP contribution is 2.39. The van der Waals surface area contributed by atoms with E-state index in [-0.39, 0.29) is 17.4 Å². The van der Waals surface area contributed by atoms with Crippen molar-refractivity contribution in [1.29, 1.82) is 0 Å². The van der Waals surface area contributed by atoms with Gasteiger partial charge in [-0.05, 0) is 41.8 Å². The molecule has 4 aromatic rings. The highest BCUT2D eigenvalue weighted by Gasteiger charge is 2.27. The highest BCUT2D eigenvalue weighted by atomic mass is 16.6. The number of methoxy groups -OCH3 is 1. The number of hydrogen-bond donors (Lipinski definition) is 1. The predicted octanol–water partition coefficient (Wildman–Crippen LogP) is 5.56. The molecule has 29 heavy (non-hydrogen) atoms. The number of ether oxygens (including phenoxy) is 1. The molecule has 1 N–H and O–H groups in total. The Bertz CT molecular complexity index is 1150. The molecule has 1 aromatic heterocycles. The van der Waals surface area contributed by atoms with E-state index in [1.54, 1.807) is 7.11 Å². The predicted molar refractivity (Wildman–Crippen MR) is 115 cm³/mol. The SMILES string of the molecule is COc1ccc([C@H](C[N+](=O)[O-])c2c(-c3ccc(C)cc3)[nH]c3ccccc23)cc1. The maximum absolute atomic E-state index is 11.6. The molecule has 146 valence electrons. The van der Waals surface area contributed by atoms with Gasteiger partial charge in [-0.25, -0.2) is 0 Å². The minimum Gasteiger partial charge on any atom is -0.497 e. The zero-order valence-corrected chi connectivity index (χ0v) is 16.4. The van der Waals surface area contributed by atoms with Crippen LogP contribution >= 0.6 is 0 Å². The summed E-state index contributed by atoms with van der Waals surface area (Å²) in [6.45, 7) is 1.86. The minimum atomic E-state index is -0.386. The second-order valence-corrected chi connectivity index (χ2v) is 7.17. The lowest BCUT2D eigenvalue weighted by Gasteiger charge is -2.16. The first-order valence-corrected chi connectivity index (χ1v) is 9.50. The topological polar surface area (TPSA) is 68.2 Å². The van der Waals surface area contributed by atoms with E-state index in [2.05, 4.69) is 29.2 Å². The van der Waals surface area contributed by atoms with Crippen LogP contribution in [0.5, 0.6) is 5.75 Å². The fourth-order valence-corrected chi connectivity index (χ4v) is 3.82. The summed E-state index contributed by atoms with van der Waals surface area (Å²) < 4.78 is 5.26. The second kappa shape index (κ2) is 7.80. The molecule has 0 saturated carbocycles. The molecule has 0 unspecified atom stereocenters. The number of aromatic amines is 1. The Morgan fingerprint density at radius 2 is 1.69 bits per heavy atom. The molecule has 0 aliphatic heterocycles. The summed E-state index contributed by atoms with van der Waals surface area (Å²) in [5, 5.41) is 12.6. The standard InChI is InChI=1S/C24H22N2O3/c1-16-7-9-18(10-8-16)24-23(20-5-3-4-6-22(20)25-24)21(15-26(27)28)17-11-13-19(29-2)14-12-17/h3-14,21,25H,15H2,1-2H3/t21-/m0/s1. The lowest BCUT2D eigenvalue weighted by Crippen LogP contribution is -2.14. The van der Waals surface area contributed by atoms with Gasteiger partial charge in [0.15, 0.2) is 0 Å². The highest BCUT2D eigenvalue weighted by molar-refractivity contribution is 5.92. The summed E-state index contributed by atoms with van der Waals surface area (Å²) in [5.41, 5.74) is 5.92. The summed E-state index contributed by atoms with van der Waals surface area (Å²) in [7, 11) is 1.61. The number of nitrogens with zero attached hydrogens (tertiary/aromatic N) is 1. The molecular formula is C24H22N2O3. The van der Waals surface area contributed by atoms with Crippen LogP contribution < -0.4 is 4.74 Å². The molecule has 0 radical (unpaired) electrons. The Morgan fingerprint density at radius 1 is 1.00 bits per heavy atom. The number of hydrogen-bond acceptors (Lipinski definition) is 3. The van der Waals surface area contributed by atoms with Crippen molar-refractivity contribution >= 4 is 10.9 Å². The van der Waals surface area contributed by atoms with Crippen LogP contribution in [0.25, 0.3) is 22.2 Å². The van der Waals surface area contributed by atoms with E-state index >= 15 is 0 Å². The van der Waals surface area contributed by atoms with Crippen molar-refractivity contribution < 1.29 is 9.66 Å². The number of nitrogens with one attached hydrogen (secondary N) is 1. The third-order valence-corrected chi connectivity index (χ3v) is 5.28. The Hall–Kier alpha value is -3.60. The Labute approximate surface area is 169 Å². The lowest BCUT2D eigenvalue weighted by molar-refractivity contribution is -0.481. The van der Waals surface area contributed by atoms with Gasteiger partial charge in [0.2, 0.25) is 6.54 Å². The second-order valence-electron chi connectivity index (χ2n) is 7.17. The third kappa shape index (κ3) is 3.72. The number of benzene rings is 3. The van der Waals surface area contributed by atoms with Crippen LogP contribution in [-0.2, 0) is 0 Å². The molecule has 3 aromatic carbocycles. The van der Waals surface area contributed by atoms with Gasteiger partial charge >= 0.3 is 0 Å². The molecule has 1 heterocycles. The number of fused-ring (bicyclic) bond motifs is 1. The van der Waals surface area contributed by atoms with E-state index in [1.807, 2.05) is 55.5 Å². The molecule has 5 heteroatoms. The molecule has 0 spiro atoms. The largest absolute Gasteiger partial charge is 0.497 e. The van der Waals surface area contributed by atoms with Gasteiger partial charge in [0.1, 0.15) is 5.75 Å². The van der Waals surface area contributed by atoms with Gasteiger partial charge in [-0.15, -0.1) is 0 Å². The summed E-state index contributed by atoms with van der Waals surface area (Å²) in [6, 6.07) is 23.7. The number of aromatic nitrogens is 1. The molecule has 0 aliphatic carbocycles. The number of H-pyrrole nitrogens is 1. The van der Waals surface area contributed by atoms with Gasteiger partial charge < -0.3 is 9.72 Å². The van der Waals surface area contributed by atoms with Crippen LogP contribution in [0.15, 0.2) is 72.8 Å². The van der Waals surface area contributed by atoms with Crippen molar-refractivity contribution in [3.8, 4) is 17.0 Å². The van der Waals surface area contributed by atoms with E-state index in [1.165, 1.54) is 5.56 Å². The summed E-state index contributed by atoms with van der Waals surface area (Å²) >= 11 is 0. The van der Waals surface area contributed by atoms with E-state index in [4.69, 9.17) is 4.74 Å². The van der Waals surface area contributed by atoms with Crippen LogP contribution in [0.3, 0.4) is 0 Å². The average Bonchev–Trinajstić information content (AvgIpc) is 3.12. The van der Waals surface area contributed by atoms with Crippen molar-refractivity contribution in [1.82, 2.24) is 4.98 Å². The molecule has 0 aliphatic rings. The molecular weight excluding hydrogens is 364 g/mol. The Kier molecular flexibility index (Phi) is 5.04. The number of rotatable bonds is 6. The quantitative estimate of drug-likeness (QED) is 0.348. The third-order valence-electron chi connectivity index (χ3n) is 5.28. The van der Waals surface area contributed by atoms with E-state index < -0.39 is 0 Å². The van der Waals surface area contributed by atoms with Gasteiger partial charge in [0.25, 0.3) is 0 Å². The fourth-order valence-electron chi connectivity index (χ4n) is 3.82. The van der Waals surface area contributed by atoms with Crippen LogP contribution in [0.2, 0.25) is 0 Å². The zero-order chi connectivity index (χ0) is 20.4. The van der Waals surface area contributed by atoms with Gasteiger partial charge in [-0.3, -0.25) is 10.1 Å². The zero-order valence-electron chi connectivity index (χ0n) is 16.4. The summed E-state index contributed by atoms with van der Waals surface area (Å²) in [5.74, 6) is 0.342. The van der Waals surface area contributed by atoms with Crippen LogP contribution in [-0.4, -0.2) is 23.6 Å². The van der Waals surface area contributed by atoms with Gasteiger partial charge in [-0.1, -0.05) is 60.2 Å². The lowest BCUT2D eigenvalue weighted by atomic mass is 9.87. The molecule has 4 rings (SSSR count).